The highest BCUT2D eigenvalue weighted by molar-refractivity contribution is 8.05. The predicted octanol–water partition coefficient (Wildman–Crippen LogP) is 5.95. The lowest BCUT2D eigenvalue weighted by atomic mass is 9.85. The molecular weight excluding hydrogens is 372 g/mol. The molecular formula is C22H26N2OS2. The Kier molecular flexibility index (Phi) is 5.60. The van der Waals surface area contributed by atoms with Crippen LogP contribution in [0.2, 0.25) is 0 Å². The summed E-state index contributed by atoms with van der Waals surface area (Å²) in [6.07, 6.45) is 6.89. The third-order valence-corrected chi connectivity index (χ3v) is 7.67. The molecule has 5 heteroatoms. The zero-order valence-electron chi connectivity index (χ0n) is 15.9. The van der Waals surface area contributed by atoms with Gasteiger partial charge in [0.05, 0.1) is 4.91 Å². The molecule has 0 spiro atoms. The van der Waals surface area contributed by atoms with E-state index in [1.807, 2.05) is 18.2 Å². The first-order valence-electron chi connectivity index (χ1n) is 9.70. The minimum absolute atomic E-state index is 0.0445. The fraction of sp³-hybridized carbons (Fsp3) is 0.409. The Labute approximate surface area is 169 Å². The summed E-state index contributed by atoms with van der Waals surface area (Å²) in [4.78, 5) is 17.5. The normalized spacial score (nSPS) is 27.3. The van der Waals surface area contributed by atoms with Crippen molar-refractivity contribution in [1.29, 1.82) is 0 Å². The Morgan fingerprint density at radius 2 is 1.93 bits per heavy atom. The van der Waals surface area contributed by atoms with E-state index >= 15 is 0 Å². The molecule has 1 saturated carbocycles. The molecule has 1 aliphatic carbocycles. The zero-order valence-corrected chi connectivity index (χ0v) is 17.5. The van der Waals surface area contributed by atoms with Crippen LogP contribution in [0.25, 0.3) is 6.08 Å². The zero-order chi connectivity index (χ0) is 18.8. The fourth-order valence-corrected chi connectivity index (χ4v) is 6.15. The van der Waals surface area contributed by atoms with Crippen LogP contribution in [0.15, 0.2) is 46.7 Å². The number of carbonyl (C=O) groups is 1. The molecule has 3 atom stereocenters. The van der Waals surface area contributed by atoms with E-state index in [4.69, 9.17) is 0 Å². The summed E-state index contributed by atoms with van der Waals surface area (Å²) in [6.45, 7) is 4.40. The summed E-state index contributed by atoms with van der Waals surface area (Å²) >= 11 is 3.36. The van der Waals surface area contributed by atoms with Crippen molar-refractivity contribution in [3.63, 3.8) is 0 Å². The maximum Gasteiger partial charge on any atom is 0.263 e. The lowest BCUT2D eigenvalue weighted by molar-refractivity contribution is -0.129. The van der Waals surface area contributed by atoms with Gasteiger partial charge in [-0.3, -0.25) is 4.79 Å². The summed E-state index contributed by atoms with van der Waals surface area (Å²) in [5.74, 6) is 0.728. The van der Waals surface area contributed by atoms with Crippen LogP contribution in [0.3, 0.4) is 0 Å². The smallest absolute Gasteiger partial charge is 0.263 e. The van der Waals surface area contributed by atoms with Crippen LogP contribution in [0.4, 0.5) is 5.69 Å². The first kappa shape index (κ1) is 18.6. The third-order valence-electron chi connectivity index (χ3n) is 5.59. The average Bonchev–Trinajstić information content (AvgIpc) is 3.20. The molecule has 3 nitrogen and oxygen atoms in total. The van der Waals surface area contributed by atoms with Crippen molar-refractivity contribution in [3.05, 3.63) is 57.1 Å². The van der Waals surface area contributed by atoms with Crippen molar-refractivity contribution in [2.24, 2.45) is 5.92 Å². The largest absolute Gasteiger partial charge is 0.356 e. The number of amides is 1. The first-order chi connectivity index (χ1) is 13.1. The van der Waals surface area contributed by atoms with Gasteiger partial charge in [0, 0.05) is 16.6 Å². The SMILES string of the molecule is Cc1ccsc1/C=C1\SC(Nc2ccccc2)N([C@H]2CCCC[C@H]2C)C1=O. The van der Waals surface area contributed by atoms with Gasteiger partial charge in [0.25, 0.3) is 5.91 Å². The van der Waals surface area contributed by atoms with Gasteiger partial charge in [-0.05, 0) is 60.9 Å². The molecule has 0 radical (unpaired) electrons. The van der Waals surface area contributed by atoms with E-state index in [0.717, 1.165) is 17.0 Å². The summed E-state index contributed by atoms with van der Waals surface area (Å²) in [7, 11) is 0. The van der Waals surface area contributed by atoms with Gasteiger partial charge < -0.3 is 10.2 Å². The van der Waals surface area contributed by atoms with E-state index in [0.29, 0.717) is 12.0 Å². The highest BCUT2D eigenvalue weighted by Crippen LogP contribution is 2.42. The molecule has 2 fully saturated rings. The summed E-state index contributed by atoms with van der Waals surface area (Å²) in [6, 6.07) is 12.6. The molecule has 4 rings (SSSR count). The monoisotopic (exact) mass is 398 g/mol. The van der Waals surface area contributed by atoms with Crippen LogP contribution in [0.1, 0.15) is 43.0 Å². The maximum absolute atomic E-state index is 13.4. The standard InChI is InChI=1S/C22H26N2OS2/c1-15-8-6-7-11-18(15)24-21(25)20(14-19-16(2)12-13-26-19)27-22(24)23-17-9-4-3-5-10-17/h3-5,9-10,12-15,18,22-23H,6-8,11H2,1-2H3/b20-14-/t15-,18+,22?/m1/s1. The number of hydrogen-bond donors (Lipinski definition) is 1. The number of thiophene rings is 1. The number of thioether (sulfide) groups is 1. The molecule has 142 valence electrons. The molecule has 1 N–H and O–H groups in total. The van der Waals surface area contributed by atoms with Crippen LogP contribution in [-0.2, 0) is 4.79 Å². The molecule has 2 aliphatic rings. The van der Waals surface area contributed by atoms with Gasteiger partial charge in [-0.15, -0.1) is 11.3 Å². The topological polar surface area (TPSA) is 32.3 Å². The van der Waals surface area contributed by atoms with E-state index in [1.54, 1.807) is 23.1 Å². The van der Waals surface area contributed by atoms with Crippen LogP contribution in [0.5, 0.6) is 0 Å². The minimum atomic E-state index is -0.0445. The highest BCUT2D eigenvalue weighted by atomic mass is 32.2. The van der Waals surface area contributed by atoms with Crippen molar-refractivity contribution < 1.29 is 4.79 Å². The highest BCUT2D eigenvalue weighted by Gasteiger charge is 2.42. The van der Waals surface area contributed by atoms with Gasteiger partial charge in [0.15, 0.2) is 5.50 Å². The number of nitrogens with one attached hydrogen (secondary N) is 1. The molecule has 1 unspecified atom stereocenters. The number of anilines is 1. The molecule has 1 aromatic carbocycles. The van der Waals surface area contributed by atoms with Crippen LogP contribution >= 0.6 is 23.1 Å². The Balaban J connectivity index is 1.65. The van der Waals surface area contributed by atoms with Crippen LogP contribution < -0.4 is 5.32 Å². The Bertz CT molecular complexity index is 830. The van der Waals surface area contributed by atoms with E-state index in [-0.39, 0.29) is 11.4 Å². The summed E-state index contributed by atoms with van der Waals surface area (Å²) in [5.41, 5.74) is 2.25. The lowest BCUT2D eigenvalue weighted by Crippen LogP contribution is -2.48. The molecule has 1 aliphatic heterocycles. The number of rotatable bonds is 4. The second kappa shape index (κ2) is 8.11. The van der Waals surface area contributed by atoms with Crippen LogP contribution in [-0.4, -0.2) is 22.3 Å². The molecule has 1 aromatic heterocycles. The molecule has 0 bridgehead atoms. The predicted molar refractivity (Wildman–Crippen MR) is 117 cm³/mol. The van der Waals surface area contributed by atoms with Crippen molar-refractivity contribution in [1.82, 2.24) is 4.90 Å². The number of benzene rings is 1. The summed E-state index contributed by atoms with van der Waals surface area (Å²) in [5, 5.41) is 5.68. The van der Waals surface area contributed by atoms with Gasteiger partial charge in [-0.25, -0.2) is 0 Å². The fourth-order valence-electron chi connectivity index (χ4n) is 4.02. The molecule has 2 heterocycles. The van der Waals surface area contributed by atoms with E-state index < -0.39 is 0 Å². The quantitative estimate of drug-likeness (QED) is 0.646. The van der Waals surface area contributed by atoms with Gasteiger partial charge >= 0.3 is 0 Å². The van der Waals surface area contributed by atoms with Gasteiger partial charge in [-0.1, -0.05) is 49.7 Å². The van der Waals surface area contributed by atoms with Crippen molar-refractivity contribution in [3.8, 4) is 0 Å². The molecule has 27 heavy (non-hydrogen) atoms. The van der Waals surface area contributed by atoms with Crippen molar-refractivity contribution in [2.75, 3.05) is 5.32 Å². The minimum Gasteiger partial charge on any atom is -0.356 e. The average molecular weight is 399 g/mol. The van der Waals surface area contributed by atoms with Gasteiger partial charge in [0.2, 0.25) is 0 Å². The third kappa shape index (κ3) is 3.94. The summed E-state index contributed by atoms with van der Waals surface area (Å²) < 4.78 is 0. The maximum atomic E-state index is 13.4. The number of carbonyl (C=O) groups excluding carboxylic acids is 1. The van der Waals surface area contributed by atoms with Crippen LogP contribution in [0, 0.1) is 12.8 Å². The Morgan fingerprint density at radius 1 is 1.15 bits per heavy atom. The van der Waals surface area contributed by atoms with Gasteiger partial charge in [-0.2, -0.15) is 0 Å². The molecule has 2 aromatic rings. The van der Waals surface area contributed by atoms with Gasteiger partial charge in [0.1, 0.15) is 0 Å². The van der Waals surface area contributed by atoms with E-state index in [9.17, 15) is 4.79 Å². The lowest BCUT2D eigenvalue weighted by Gasteiger charge is -2.39. The van der Waals surface area contributed by atoms with Crippen molar-refractivity contribution in [2.45, 2.75) is 51.1 Å². The number of aryl methyl sites for hydroxylation is 1. The van der Waals surface area contributed by atoms with E-state index in [1.165, 1.54) is 29.7 Å². The van der Waals surface area contributed by atoms with E-state index in [2.05, 4.69) is 53.7 Å². The first-order valence-corrected chi connectivity index (χ1v) is 11.5. The number of hydrogen-bond acceptors (Lipinski definition) is 4. The molecule has 1 saturated heterocycles. The molecule has 1 amide bonds. The van der Waals surface area contributed by atoms with Crippen molar-refractivity contribution >= 4 is 40.8 Å². The Morgan fingerprint density at radius 3 is 2.63 bits per heavy atom. The Hall–Kier alpha value is -1.72. The second-order valence-electron chi connectivity index (χ2n) is 7.50. The number of nitrogens with zero attached hydrogens (tertiary/aromatic N) is 1. The number of para-hydroxylation sites is 1. The second-order valence-corrected chi connectivity index (χ2v) is 9.57.